The molecular formula is C17H22N2O3. The highest BCUT2D eigenvalue weighted by atomic mass is 16.4. The van der Waals surface area contributed by atoms with Crippen molar-refractivity contribution in [3.8, 4) is 0 Å². The smallest absolute Gasteiger partial charge is 0.338 e. The van der Waals surface area contributed by atoms with Crippen LogP contribution in [0.3, 0.4) is 0 Å². The summed E-state index contributed by atoms with van der Waals surface area (Å²) in [5.41, 5.74) is 0.975. The normalized spacial score (nSPS) is 10.9. The van der Waals surface area contributed by atoms with Crippen molar-refractivity contribution < 1.29 is 9.21 Å². The zero-order chi connectivity index (χ0) is 16.1. The molecule has 0 saturated heterocycles. The van der Waals surface area contributed by atoms with Crippen LogP contribution in [0.1, 0.15) is 20.3 Å². The van der Waals surface area contributed by atoms with Gasteiger partial charge in [0.05, 0.1) is 5.69 Å². The molecule has 1 aromatic heterocycles. The number of nitrogens with one attached hydrogen (secondary N) is 1. The summed E-state index contributed by atoms with van der Waals surface area (Å²) in [6, 6.07) is 8.89. The number of para-hydroxylation sites is 1. The van der Waals surface area contributed by atoms with Gasteiger partial charge in [-0.2, -0.15) is 0 Å². The number of hydrogen-bond donors (Lipinski definition) is 1. The summed E-state index contributed by atoms with van der Waals surface area (Å²) in [5.74, 6) is 0.159. The molecular weight excluding hydrogens is 280 g/mol. The number of carbonyl (C=O) groups is 1. The zero-order valence-corrected chi connectivity index (χ0v) is 13.3. The number of nitrogens with zero attached hydrogens (tertiary/aromatic N) is 1. The average Bonchev–Trinajstić information content (AvgIpc) is 2.50. The van der Waals surface area contributed by atoms with Crippen LogP contribution in [-0.4, -0.2) is 30.9 Å². The van der Waals surface area contributed by atoms with Gasteiger partial charge in [-0.1, -0.05) is 26.0 Å². The van der Waals surface area contributed by atoms with Gasteiger partial charge in [0.15, 0.2) is 0 Å². The lowest BCUT2D eigenvalue weighted by Gasteiger charge is -2.19. The van der Waals surface area contributed by atoms with E-state index in [0.29, 0.717) is 18.7 Å². The Balaban J connectivity index is 1.95. The number of anilines is 1. The van der Waals surface area contributed by atoms with Gasteiger partial charge in [0, 0.05) is 37.5 Å². The maximum atomic E-state index is 11.8. The van der Waals surface area contributed by atoms with Gasteiger partial charge in [-0.25, -0.2) is 4.79 Å². The predicted molar refractivity (Wildman–Crippen MR) is 88.1 cm³/mol. The van der Waals surface area contributed by atoms with Gasteiger partial charge in [0.2, 0.25) is 5.91 Å². The molecule has 2 rings (SSSR count). The minimum absolute atomic E-state index is 0.0145. The fourth-order valence-corrected chi connectivity index (χ4v) is 2.35. The maximum Gasteiger partial charge on any atom is 0.338 e. The van der Waals surface area contributed by atoms with Gasteiger partial charge in [-0.3, -0.25) is 4.79 Å². The minimum atomic E-state index is -0.367. The summed E-state index contributed by atoms with van der Waals surface area (Å²) >= 11 is 0. The number of hydrogen-bond acceptors (Lipinski definition) is 4. The molecule has 0 aliphatic rings. The molecule has 1 heterocycles. The molecule has 0 aliphatic carbocycles. The fourth-order valence-electron chi connectivity index (χ4n) is 2.35. The van der Waals surface area contributed by atoms with Gasteiger partial charge >= 0.3 is 5.63 Å². The van der Waals surface area contributed by atoms with Gasteiger partial charge in [-0.05, 0) is 18.6 Å². The van der Waals surface area contributed by atoms with Crippen LogP contribution in [-0.2, 0) is 4.79 Å². The summed E-state index contributed by atoms with van der Waals surface area (Å²) in [6.07, 6.45) is 0.809. The average molecular weight is 302 g/mol. The Morgan fingerprint density at radius 3 is 2.77 bits per heavy atom. The van der Waals surface area contributed by atoms with Crippen LogP contribution in [0.2, 0.25) is 0 Å². The first-order valence-electron chi connectivity index (χ1n) is 7.51. The van der Waals surface area contributed by atoms with Crippen LogP contribution < -0.4 is 10.9 Å². The molecule has 5 heteroatoms. The van der Waals surface area contributed by atoms with Crippen LogP contribution in [0.4, 0.5) is 5.69 Å². The first kappa shape index (κ1) is 16.1. The molecule has 0 atom stereocenters. The molecule has 0 aliphatic heterocycles. The Morgan fingerprint density at radius 1 is 1.32 bits per heavy atom. The minimum Gasteiger partial charge on any atom is -0.423 e. The summed E-state index contributed by atoms with van der Waals surface area (Å²) in [5, 5.41) is 4.14. The molecule has 0 spiro atoms. The number of benzene rings is 1. The van der Waals surface area contributed by atoms with Gasteiger partial charge in [0.1, 0.15) is 5.58 Å². The summed E-state index contributed by atoms with van der Waals surface area (Å²) in [4.78, 5) is 25.1. The Labute approximate surface area is 129 Å². The summed E-state index contributed by atoms with van der Waals surface area (Å²) < 4.78 is 5.16. The number of fused-ring (bicyclic) bond motifs is 1. The number of rotatable bonds is 6. The Hall–Kier alpha value is -2.30. The van der Waals surface area contributed by atoms with Crippen LogP contribution >= 0.6 is 0 Å². The quantitative estimate of drug-likeness (QED) is 0.658. The maximum absolute atomic E-state index is 11.8. The molecule has 1 N–H and O–H groups in total. The summed E-state index contributed by atoms with van der Waals surface area (Å²) in [6.45, 7) is 5.16. The molecule has 118 valence electrons. The summed E-state index contributed by atoms with van der Waals surface area (Å²) in [7, 11) is 1.81. The molecule has 0 unspecified atom stereocenters. The lowest BCUT2D eigenvalue weighted by molar-refractivity contribution is -0.133. The highest BCUT2D eigenvalue weighted by Crippen LogP contribution is 2.20. The van der Waals surface area contributed by atoms with E-state index in [1.807, 2.05) is 39.1 Å². The van der Waals surface area contributed by atoms with E-state index in [0.717, 1.165) is 17.5 Å². The van der Waals surface area contributed by atoms with Crippen molar-refractivity contribution in [2.75, 3.05) is 25.5 Å². The van der Waals surface area contributed by atoms with E-state index in [9.17, 15) is 9.59 Å². The van der Waals surface area contributed by atoms with Crippen LogP contribution in [0.25, 0.3) is 11.0 Å². The standard InChI is InChI=1S/C17H22N2O3/c1-12(2)17(21)19(3)10-6-9-18-14-11-16(20)22-15-8-5-4-7-13(14)15/h4-5,7-8,11-12,18H,6,9-10H2,1-3H3. The van der Waals surface area contributed by atoms with Crippen LogP contribution in [0.15, 0.2) is 39.5 Å². The monoisotopic (exact) mass is 302 g/mol. The van der Waals surface area contributed by atoms with E-state index in [4.69, 9.17) is 4.42 Å². The molecule has 22 heavy (non-hydrogen) atoms. The third-order valence-corrected chi connectivity index (χ3v) is 3.51. The second-order valence-corrected chi connectivity index (χ2v) is 5.67. The first-order valence-corrected chi connectivity index (χ1v) is 7.51. The highest BCUT2D eigenvalue weighted by molar-refractivity contribution is 5.89. The van der Waals surface area contributed by atoms with Crippen molar-refractivity contribution >= 4 is 22.6 Å². The number of amides is 1. The SMILES string of the molecule is CC(C)C(=O)N(C)CCCNc1cc(=O)oc2ccccc12. The third kappa shape index (κ3) is 3.87. The predicted octanol–water partition coefficient (Wildman–Crippen LogP) is 2.71. The van der Waals surface area contributed by atoms with Crippen molar-refractivity contribution in [2.45, 2.75) is 20.3 Å². The van der Waals surface area contributed by atoms with E-state index < -0.39 is 0 Å². The van der Waals surface area contributed by atoms with E-state index in [2.05, 4.69) is 5.32 Å². The lowest BCUT2D eigenvalue weighted by atomic mass is 10.2. The fraction of sp³-hybridized carbons (Fsp3) is 0.412. The lowest BCUT2D eigenvalue weighted by Crippen LogP contribution is -2.32. The van der Waals surface area contributed by atoms with E-state index in [1.54, 1.807) is 11.0 Å². The third-order valence-electron chi connectivity index (χ3n) is 3.51. The van der Waals surface area contributed by atoms with Gasteiger partial charge in [0.25, 0.3) is 0 Å². The molecule has 0 radical (unpaired) electrons. The number of carbonyl (C=O) groups excluding carboxylic acids is 1. The van der Waals surface area contributed by atoms with E-state index in [1.165, 1.54) is 6.07 Å². The van der Waals surface area contributed by atoms with Gasteiger partial charge in [-0.15, -0.1) is 0 Å². The zero-order valence-electron chi connectivity index (χ0n) is 13.3. The Kier molecular flexibility index (Phi) is 5.20. The van der Waals surface area contributed by atoms with E-state index >= 15 is 0 Å². The van der Waals surface area contributed by atoms with Crippen LogP contribution in [0.5, 0.6) is 0 Å². The molecule has 1 aromatic carbocycles. The Bertz CT molecular complexity index is 706. The topological polar surface area (TPSA) is 62.6 Å². The molecule has 0 bridgehead atoms. The second-order valence-electron chi connectivity index (χ2n) is 5.67. The molecule has 1 amide bonds. The molecule has 2 aromatic rings. The van der Waals surface area contributed by atoms with Crippen molar-refractivity contribution in [1.82, 2.24) is 4.90 Å². The largest absolute Gasteiger partial charge is 0.423 e. The molecule has 0 fully saturated rings. The van der Waals surface area contributed by atoms with Crippen molar-refractivity contribution in [2.24, 2.45) is 5.92 Å². The Morgan fingerprint density at radius 2 is 2.05 bits per heavy atom. The van der Waals surface area contributed by atoms with Gasteiger partial charge < -0.3 is 14.6 Å². The van der Waals surface area contributed by atoms with Crippen molar-refractivity contribution in [3.05, 3.63) is 40.8 Å². The highest BCUT2D eigenvalue weighted by Gasteiger charge is 2.12. The van der Waals surface area contributed by atoms with Crippen molar-refractivity contribution in [1.29, 1.82) is 0 Å². The van der Waals surface area contributed by atoms with E-state index in [-0.39, 0.29) is 17.5 Å². The van der Waals surface area contributed by atoms with Crippen LogP contribution in [0, 0.1) is 5.92 Å². The molecule has 0 saturated carbocycles. The molecule has 5 nitrogen and oxygen atoms in total. The first-order chi connectivity index (χ1) is 10.5. The van der Waals surface area contributed by atoms with Crippen molar-refractivity contribution in [3.63, 3.8) is 0 Å². The second kappa shape index (κ2) is 7.11.